The molecule has 0 aromatic heterocycles. The second-order valence-electron chi connectivity index (χ2n) is 21.1. The lowest BCUT2D eigenvalue weighted by molar-refractivity contribution is -0.302. The number of carbonyl (C=O) groups excluding carboxylic acids is 1. The molecule has 0 aromatic carbocycles. The molecule has 0 spiro atoms. The van der Waals surface area contributed by atoms with E-state index in [-0.39, 0.29) is 18.9 Å². The summed E-state index contributed by atoms with van der Waals surface area (Å²) in [6.45, 7) is 3.62. The van der Waals surface area contributed by atoms with Gasteiger partial charge in [0.1, 0.15) is 24.4 Å². The fraction of sp³-hybridized carbons (Fsp3) is 0.691. The molecule has 1 amide bonds. The molecule has 0 radical (unpaired) electrons. The van der Waals surface area contributed by atoms with E-state index in [2.05, 4.69) is 129 Å². The highest BCUT2D eigenvalue weighted by atomic mass is 16.7. The van der Waals surface area contributed by atoms with Crippen LogP contribution >= 0.6 is 0 Å². The molecule has 1 saturated heterocycles. The highest BCUT2D eigenvalue weighted by molar-refractivity contribution is 5.76. The number of hydrogen-bond donors (Lipinski definition) is 6. The summed E-state index contributed by atoms with van der Waals surface area (Å²) in [5, 5.41) is 54.5. The van der Waals surface area contributed by atoms with E-state index in [1.807, 2.05) is 6.08 Å². The van der Waals surface area contributed by atoms with Gasteiger partial charge in [-0.1, -0.05) is 264 Å². The van der Waals surface area contributed by atoms with Gasteiger partial charge < -0.3 is 40.3 Å². The Hall–Kier alpha value is -3.41. The molecule has 6 N–H and O–H groups in total. The zero-order valence-corrected chi connectivity index (χ0v) is 48.9. The highest BCUT2D eigenvalue weighted by Gasteiger charge is 2.44. The lowest BCUT2D eigenvalue weighted by atomic mass is 9.99. The summed E-state index contributed by atoms with van der Waals surface area (Å²) >= 11 is 0. The van der Waals surface area contributed by atoms with E-state index in [9.17, 15) is 30.3 Å². The minimum absolute atomic E-state index is 0.237. The monoisotopic (exact) mass is 1070 g/mol. The minimum Gasteiger partial charge on any atom is -0.394 e. The summed E-state index contributed by atoms with van der Waals surface area (Å²) in [4.78, 5) is 13.0. The van der Waals surface area contributed by atoms with Crippen LogP contribution in [0.5, 0.6) is 0 Å². The smallest absolute Gasteiger partial charge is 0.220 e. The average Bonchev–Trinajstić information content (AvgIpc) is 3.43. The fourth-order valence-electron chi connectivity index (χ4n) is 9.12. The van der Waals surface area contributed by atoms with Crippen LogP contribution in [0, 0.1) is 0 Å². The quantitative estimate of drug-likeness (QED) is 0.0261. The molecule has 77 heavy (non-hydrogen) atoms. The Labute approximate surface area is 471 Å². The number of rotatable bonds is 52. The number of amides is 1. The lowest BCUT2D eigenvalue weighted by Crippen LogP contribution is -2.60. The number of aliphatic hydroxyl groups is 5. The normalized spacial score (nSPS) is 19.6. The first-order valence-corrected chi connectivity index (χ1v) is 31.3. The van der Waals surface area contributed by atoms with Crippen LogP contribution in [0.25, 0.3) is 0 Å². The topological polar surface area (TPSA) is 149 Å². The van der Waals surface area contributed by atoms with Gasteiger partial charge in [-0.05, 0) is 96.3 Å². The maximum absolute atomic E-state index is 13.0. The molecule has 9 heteroatoms. The Kier molecular flexibility index (Phi) is 52.0. The molecule has 1 heterocycles. The van der Waals surface area contributed by atoms with Crippen molar-refractivity contribution < 1.29 is 39.8 Å². The molecule has 0 bridgehead atoms. The minimum atomic E-state index is -1.59. The van der Waals surface area contributed by atoms with Crippen LogP contribution in [0.15, 0.2) is 122 Å². The van der Waals surface area contributed by atoms with Gasteiger partial charge in [-0.3, -0.25) is 4.79 Å². The largest absolute Gasteiger partial charge is 0.394 e. The molecule has 1 rings (SSSR count). The van der Waals surface area contributed by atoms with Crippen LogP contribution < -0.4 is 5.32 Å². The number of nitrogens with one attached hydrogen (secondary N) is 1. The van der Waals surface area contributed by atoms with Crippen molar-refractivity contribution in [2.45, 2.75) is 288 Å². The summed E-state index contributed by atoms with van der Waals surface area (Å²) in [6, 6.07) is -0.870. The summed E-state index contributed by atoms with van der Waals surface area (Å²) in [5.74, 6) is -0.252. The van der Waals surface area contributed by atoms with Crippen LogP contribution in [0.4, 0.5) is 0 Å². The van der Waals surface area contributed by atoms with Gasteiger partial charge in [-0.25, -0.2) is 0 Å². The van der Waals surface area contributed by atoms with E-state index >= 15 is 0 Å². The van der Waals surface area contributed by atoms with Gasteiger partial charge in [0.05, 0.1) is 25.4 Å². The first-order valence-electron chi connectivity index (χ1n) is 31.3. The standard InChI is InChI=1S/C68H115NO8/c1-3-5-7-9-11-13-15-17-19-21-23-25-27-28-29-30-31-32-33-34-36-37-39-41-43-45-47-49-51-53-55-57-62(71)61(60-76-68-67(75)66(74)65(73)63(59-70)77-68)69-64(72)58-56-54-52-50-48-46-44-42-40-38-35-26-24-22-20-18-16-14-12-10-8-6-4-2/h6,8,12,14,18,20,24,26,38-41,44,46-47,49-50,52,55,57,61-63,65-68,70-71,73-75H,3-5,7,9-11,13,15-17,19,21-23,25,27-37,42-43,45,48,51,53-54,56,58-60H2,1-2H3,(H,69,72)/b8-6-,14-12-,20-18-,26-24-,40-38-,41-39+,46-44-,49-47+,52-50-,57-55+. The molecule has 440 valence electrons. The van der Waals surface area contributed by atoms with Crippen molar-refractivity contribution in [3.63, 3.8) is 0 Å². The van der Waals surface area contributed by atoms with E-state index in [0.29, 0.717) is 12.8 Å². The summed E-state index contributed by atoms with van der Waals surface area (Å²) in [6.07, 6.45) is 77.2. The molecule has 0 aromatic rings. The van der Waals surface area contributed by atoms with Crippen molar-refractivity contribution >= 4 is 5.91 Å². The number of aliphatic hydroxyl groups excluding tert-OH is 5. The van der Waals surface area contributed by atoms with Gasteiger partial charge in [0, 0.05) is 6.42 Å². The number of ether oxygens (including phenoxy) is 2. The number of hydrogen-bond acceptors (Lipinski definition) is 8. The molecule has 7 atom stereocenters. The Morgan fingerprint density at radius 1 is 0.455 bits per heavy atom. The van der Waals surface area contributed by atoms with Gasteiger partial charge >= 0.3 is 0 Å². The van der Waals surface area contributed by atoms with Gasteiger partial charge in [0.15, 0.2) is 6.29 Å². The number of carbonyl (C=O) groups is 1. The summed E-state index contributed by atoms with van der Waals surface area (Å²) < 4.78 is 11.2. The van der Waals surface area contributed by atoms with Crippen LogP contribution in [0.1, 0.15) is 245 Å². The third-order valence-electron chi connectivity index (χ3n) is 14.0. The first-order chi connectivity index (χ1) is 37.8. The third kappa shape index (κ3) is 45.1. The Balaban J connectivity index is 2.27. The predicted molar refractivity (Wildman–Crippen MR) is 327 cm³/mol. The molecular formula is C68H115NO8. The summed E-state index contributed by atoms with van der Waals surface area (Å²) in [7, 11) is 0. The maximum Gasteiger partial charge on any atom is 0.220 e. The zero-order chi connectivity index (χ0) is 55.8. The van der Waals surface area contributed by atoms with Crippen molar-refractivity contribution in [3.05, 3.63) is 122 Å². The van der Waals surface area contributed by atoms with Crippen LogP contribution in [0.2, 0.25) is 0 Å². The highest BCUT2D eigenvalue weighted by Crippen LogP contribution is 2.23. The fourth-order valence-corrected chi connectivity index (χ4v) is 9.12. The summed E-state index contributed by atoms with van der Waals surface area (Å²) in [5.41, 5.74) is 0. The van der Waals surface area contributed by atoms with Crippen molar-refractivity contribution in [1.82, 2.24) is 5.32 Å². The Morgan fingerprint density at radius 2 is 0.818 bits per heavy atom. The van der Waals surface area contributed by atoms with Crippen LogP contribution in [-0.4, -0.2) is 87.5 Å². The molecule has 1 aliphatic heterocycles. The average molecular weight is 1070 g/mol. The van der Waals surface area contributed by atoms with Crippen LogP contribution in [-0.2, 0) is 14.3 Å². The Bertz CT molecular complexity index is 1620. The molecule has 7 unspecified atom stereocenters. The molecule has 1 aliphatic rings. The molecule has 9 nitrogen and oxygen atoms in total. The van der Waals surface area contributed by atoms with E-state index in [4.69, 9.17) is 9.47 Å². The predicted octanol–water partition coefficient (Wildman–Crippen LogP) is 16.3. The Morgan fingerprint density at radius 3 is 1.25 bits per heavy atom. The van der Waals surface area contributed by atoms with Gasteiger partial charge in [-0.15, -0.1) is 0 Å². The van der Waals surface area contributed by atoms with Crippen molar-refractivity contribution in [3.8, 4) is 0 Å². The second-order valence-corrected chi connectivity index (χ2v) is 21.1. The lowest BCUT2D eigenvalue weighted by Gasteiger charge is -2.40. The molecule has 0 aliphatic carbocycles. The van der Waals surface area contributed by atoms with E-state index in [1.54, 1.807) is 6.08 Å². The SMILES string of the molecule is CC/C=C\C/C=C\C/C=C\C/C=C\C/C=C\C/C=C\C/C=C\CCCC(=O)NC(COC1OC(CO)C(O)C(O)C1O)C(O)/C=C/CC/C=C/CC/C=C/CCCCCCCCCCCCCCCCCCCCCCC. The second kappa shape index (κ2) is 55.9. The van der Waals surface area contributed by atoms with Crippen LogP contribution in [0.3, 0.4) is 0 Å². The molecule has 1 fully saturated rings. The van der Waals surface area contributed by atoms with E-state index in [1.165, 1.54) is 135 Å². The van der Waals surface area contributed by atoms with Gasteiger partial charge in [0.25, 0.3) is 0 Å². The van der Waals surface area contributed by atoms with Crippen molar-refractivity contribution in [1.29, 1.82) is 0 Å². The van der Waals surface area contributed by atoms with Gasteiger partial charge in [-0.2, -0.15) is 0 Å². The van der Waals surface area contributed by atoms with E-state index in [0.717, 1.165) is 77.0 Å². The zero-order valence-electron chi connectivity index (χ0n) is 48.9. The first kappa shape index (κ1) is 71.6. The van der Waals surface area contributed by atoms with Gasteiger partial charge in [0.2, 0.25) is 5.91 Å². The molecular weight excluding hydrogens is 959 g/mol. The number of allylic oxidation sites excluding steroid dienone is 19. The van der Waals surface area contributed by atoms with E-state index < -0.39 is 49.5 Å². The maximum atomic E-state index is 13.0. The third-order valence-corrected chi connectivity index (χ3v) is 14.0. The van der Waals surface area contributed by atoms with Crippen molar-refractivity contribution in [2.75, 3.05) is 13.2 Å². The molecule has 0 saturated carbocycles. The number of unbranched alkanes of at least 4 members (excludes halogenated alkanes) is 24. The van der Waals surface area contributed by atoms with Crippen molar-refractivity contribution in [2.24, 2.45) is 0 Å².